The number of rotatable bonds is 8. The van der Waals surface area contributed by atoms with E-state index >= 15 is 0 Å². The second kappa shape index (κ2) is 7.97. The third-order valence-corrected chi connectivity index (χ3v) is 3.31. The third-order valence-electron chi connectivity index (χ3n) is 3.31. The molecule has 0 bridgehead atoms. The Bertz CT molecular complexity index is 371. The minimum Gasteiger partial charge on any atom is -0.435 e. The summed E-state index contributed by atoms with van der Waals surface area (Å²) in [6.07, 6.45) is 3.23. The van der Waals surface area contributed by atoms with Gasteiger partial charge in [0.25, 0.3) is 0 Å². The molecule has 0 aromatic heterocycles. The van der Waals surface area contributed by atoms with Gasteiger partial charge in [-0.1, -0.05) is 33.3 Å². The zero-order valence-corrected chi connectivity index (χ0v) is 11.8. The zero-order chi connectivity index (χ0) is 14.3. The van der Waals surface area contributed by atoms with Crippen LogP contribution in [0.25, 0.3) is 0 Å². The van der Waals surface area contributed by atoms with Crippen molar-refractivity contribution < 1.29 is 13.5 Å². The van der Waals surface area contributed by atoms with Gasteiger partial charge in [-0.15, -0.1) is 0 Å². The smallest absolute Gasteiger partial charge is 0.387 e. The molecule has 0 radical (unpaired) electrons. The molecule has 0 spiro atoms. The van der Waals surface area contributed by atoms with Crippen LogP contribution in [-0.4, -0.2) is 12.7 Å². The van der Waals surface area contributed by atoms with Crippen LogP contribution in [0.3, 0.4) is 0 Å². The summed E-state index contributed by atoms with van der Waals surface area (Å²) in [5, 5.41) is 3.38. The van der Waals surface area contributed by atoms with Crippen LogP contribution >= 0.6 is 0 Å². The first kappa shape index (κ1) is 15.7. The molecule has 1 rings (SSSR count). The van der Waals surface area contributed by atoms with Crippen LogP contribution in [0.4, 0.5) is 14.5 Å². The molecular formula is C15H23F2NO. The fourth-order valence-electron chi connectivity index (χ4n) is 1.98. The Morgan fingerprint density at radius 3 is 2.53 bits per heavy atom. The van der Waals surface area contributed by atoms with Crippen molar-refractivity contribution in [1.82, 2.24) is 0 Å². The molecule has 1 N–H and O–H groups in total. The van der Waals surface area contributed by atoms with Crippen LogP contribution in [0.2, 0.25) is 0 Å². The van der Waals surface area contributed by atoms with Gasteiger partial charge in [-0.3, -0.25) is 0 Å². The second-order valence-electron chi connectivity index (χ2n) is 4.90. The number of hydrogen-bond donors (Lipinski definition) is 1. The molecule has 0 amide bonds. The molecule has 0 aliphatic rings. The number of ether oxygens (including phenoxy) is 1. The van der Waals surface area contributed by atoms with Crippen LogP contribution in [0.5, 0.6) is 5.75 Å². The molecule has 108 valence electrons. The first-order valence-electron chi connectivity index (χ1n) is 6.86. The number of hydrogen-bond acceptors (Lipinski definition) is 2. The van der Waals surface area contributed by atoms with E-state index in [9.17, 15) is 8.78 Å². The highest BCUT2D eigenvalue weighted by molar-refractivity contribution is 5.48. The SMILES string of the molecule is CCC(C)CC(CC)Nc1cccc(OC(F)F)c1. The minimum absolute atomic E-state index is 0.193. The van der Waals surface area contributed by atoms with Crippen molar-refractivity contribution in [2.75, 3.05) is 5.32 Å². The van der Waals surface area contributed by atoms with Gasteiger partial charge in [0.2, 0.25) is 0 Å². The highest BCUT2D eigenvalue weighted by Gasteiger charge is 2.11. The van der Waals surface area contributed by atoms with Gasteiger partial charge in [-0.25, -0.2) is 0 Å². The third kappa shape index (κ3) is 5.90. The van der Waals surface area contributed by atoms with Crippen LogP contribution < -0.4 is 10.1 Å². The van der Waals surface area contributed by atoms with Crippen LogP contribution in [0.15, 0.2) is 24.3 Å². The molecule has 2 atom stereocenters. The van der Waals surface area contributed by atoms with Gasteiger partial charge in [-0.05, 0) is 30.9 Å². The van der Waals surface area contributed by atoms with Crippen molar-refractivity contribution >= 4 is 5.69 Å². The fourth-order valence-corrected chi connectivity index (χ4v) is 1.98. The van der Waals surface area contributed by atoms with Crippen molar-refractivity contribution in [3.8, 4) is 5.75 Å². The standard InChI is InChI=1S/C15H23F2NO/c1-4-11(3)9-12(5-2)18-13-7-6-8-14(10-13)19-15(16)17/h6-8,10-12,15,18H,4-5,9H2,1-3H3. The normalized spacial score (nSPS) is 14.2. The van der Waals surface area contributed by atoms with Gasteiger partial charge in [0.1, 0.15) is 5.75 Å². The highest BCUT2D eigenvalue weighted by atomic mass is 19.3. The lowest BCUT2D eigenvalue weighted by Gasteiger charge is -2.21. The summed E-state index contributed by atoms with van der Waals surface area (Å²) >= 11 is 0. The monoisotopic (exact) mass is 271 g/mol. The molecule has 0 aliphatic carbocycles. The van der Waals surface area contributed by atoms with Gasteiger partial charge >= 0.3 is 6.61 Å². The van der Waals surface area contributed by atoms with E-state index in [0.29, 0.717) is 12.0 Å². The molecule has 2 nitrogen and oxygen atoms in total. The van der Waals surface area contributed by atoms with Crippen molar-refractivity contribution in [3.63, 3.8) is 0 Å². The van der Waals surface area contributed by atoms with Crippen molar-refractivity contribution in [3.05, 3.63) is 24.3 Å². The van der Waals surface area contributed by atoms with Gasteiger partial charge < -0.3 is 10.1 Å². The van der Waals surface area contributed by atoms with Gasteiger partial charge in [-0.2, -0.15) is 8.78 Å². The number of nitrogens with one attached hydrogen (secondary N) is 1. The second-order valence-corrected chi connectivity index (χ2v) is 4.90. The predicted octanol–water partition coefficient (Wildman–Crippen LogP) is 4.91. The summed E-state index contributed by atoms with van der Waals surface area (Å²) in [5.74, 6) is 0.844. The summed E-state index contributed by atoms with van der Waals surface area (Å²) in [6.45, 7) is 3.74. The summed E-state index contributed by atoms with van der Waals surface area (Å²) in [6, 6.07) is 7.10. The number of alkyl halides is 2. The number of benzene rings is 1. The maximum absolute atomic E-state index is 12.2. The highest BCUT2D eigenvalue weighted by Crippen LogP contribution is 2.22. The van der Waals surface area contributed by atoms with E-state index in [1.165, 1.54) is 6.07 Å². The van der Waals surface area contributed by atoms with Gasteiger partial charge in [0.05, 0.1) is 0 Å². The molecule has 1 aromatic carbocycles. The summed E-state index contributed by atoms with van der Waals surface area (Å²) in [4.78, 5) is 0. The quantitative estimate of drug-likeness (QED) is 0.725. The lowest BCUT2D eigenvalue weighted by molar-refractivity contribution is -0.0498. The van der Waals surface area contributed by atoms with E-state index in [-0.39, 0.29) is 5.75 Å². The molecule has 0 saturated heterocycles. The fraction of sp³-hybridized carbons (Fsp3) is 0.600. The van der Waals surface area contributed by atoms with Crippen molar-refractivity contribution in [2.45, 2.75) is 52.7 Å². The van der Waals surface area contributed by atoms with Crippen LogP contribution in [0.1, 0.15) is 40.0 Å². The zero-order valence-electron chi connectivity index (χ0n) is 11.8. The van der Waals surface area contributed by atoms with E-state index in [4.69, 9.17) is 0 Å². The summed E-state index contributed by atoms with van der Waals surface area (Å²) in [5.41, 5.74) is 0.827. The average molecular weight is 271 g/mol. The van der Waals surface area contributed by atoms with Gasteiger partial charge in [0, 0.05) is 17.8 Å². The van der Waals surface area contributed by atoms with E-state index in [2.05, 4.69) is 30.8 Å². The first-order chi connectivity index (χ1) is 9.05. The molecule has 0 heterocycles. The molecule has 4 heteroatoms. The average Bonchev–Trinajstić information content (AvgIpc) is 2.37. The van der Waals surface area contributed by atoms with Crippen molar-refractivity contribution in [1.29, 1.82) is 0 Å². The number of halogens is 2. The lowest BCUT2D eigenvalue weighted by atomic mass is 9.97. The van der Waals surface area contributed by atoms with E-state index < -0.39 is 6.61 Å². The maximum Gasteiger partial charge on any atom is 0.387 e. The predicted molar refractivity (Wildman–Crippen MR) is 74.8 cm³/mol. The molecular weight excluding hydrogens is 248 g/mol. The van der Waals surface area contributed by atoms with Crippen LogP contribution in [-0.2, 0) is 0 Å². The molecule has 0 aliphatic heterocycles. The molecule has 1 aromatic rings. The van der Waals surface area contributed by atoms with Crippen LogP contribution in [0, 0.1) is 5.92 Å². The molecule has 2 unspecified atom stereocenters. The Morgan fingerprint density at radius 2 is 1.95 bits per heavy atom. The van der Waals surface area contributed by atoms with Crippen molar-refractivity contribution in [2.24, 2.45) is 5.92 Å². The summed E-state index contributed by atoms with van der Waals surface area (Å²) < 4.78 is 28.7. The Kier molecular flexibility index (Phi) is 6.60. The largest absolute Gasteiger partial charge is 0.435 e. The Hall–Kier alpha value is -1.32. The minimum atomic E-state index is -2.78. The Morgan fingerprint density at radius 1 is 1.21 bits per heavy atom. The molecule has 19 heavy (non-hydrogen) atoms. The molecule has 0 fully saturated rings. The van der Waals surface area contributed by atoms with E-state index in [1.54, 1.807) is 12.1 Å². The Labute approximate surface area is 114 Å². The number of anilines is 1. The van der Waals surface area contributed by atoms with E-state index in [0.717, 1.165) is 24.9 Å². The van der Waals surface area contributed by atoms with Gasteiger partial charge in [0.15, 0.2) is 0 Å². The Balaban J connectivity index is 2.63. The topological polar surface area (TPSA) is 21.3 Å². The lowest BCUT2D eigenvalue weighted by Crippen LogP contribution is -2.21. The first-order valence-corrected chi connectivity index (χ1v) is 6.86. The summed E-state index contributed by atoms with van der Waals surface area (Å²) in [7, 11) is 0. The van der Waals surface area contributed by atoms with E-state index in [1.807, 2.05) is 6.07 Å². The maximum atomic E-state index is 12.2. The molecule has 0 saturated carbocycles.